The summed E-state index contributed by atoms with van der Waals surface area (Å²) < 4.78 is 0. The smallest absolute Gasteiger partial charge is 0.191 e. The summed E-state index contributed by atoms with van der Waals surface area (Å²) in [5.41, 5.74) is 1.48. The van der Waals surface area contributed by atoms with E-state index in [9.17, 15) is 0 Å². The van der Waals surface area contributed by atoms with Crippen LogP contribution in [0.4, 0.5) is 5.82 Å². The van der Waals surface area contributed by atoms with Gasteiger partial charge in [0.2, 0.25) is 0 Å². The average Bonchev–Trinajstić information content (AvgIpc) is 2.55. The Morgan fingerprint density at radius 1 is 1.29 bits per heavy atom. The standard InChI is InChI=1S/C19H33N5/c1-6-20-18(23-15-10-12-19(2,3)13-11-15)21-14-16-8-7-9-17(22-16)24(4)5/h7-9,15H,6,10-14H2,1-5H3,(H2,20,21,23). The van der Waals surface area contributed by atoms with Crippen LogP contribution in [0.15, 0.2) is 23.2 Å². The number of aliphatic imine (C=N–C) groups is 1. The first-order valence-corrected chi connectivity index (χ1v) is 9.08. The first kappa shape index (κ1) is 18.6. The minimum absolute atomic E-state index is 0.490. The third kappa shape index (κ3) is 5.69. The highest BCUT2D eigenvalue weighted by molar-refractivity contribution is 5.80. The molecule has 1 heterocycles. The van der Waals surface area contributed by atoms with Crippen LogP contribution in [0.5, 0.6) is 0 Å². The molecule has 1 aromatic heterocycles. The normalized spacial score (nSPS) is 18.3. The number of pyridine rings is 1. The van der Waals surface area contributed by atoms with Crippen LogP contribution in [-0.2, 0) is 6.54 Å². The van der Waals surface area contributed by atoms with Crippen LogP contribution in [0.25, 0.3) is 0 Å². The first-order chi connectivity index (χ1) is 11.4. The zero-order valence-electron chi connectivity index (χ0n) is 15.9. The zero-order valence-corrected chi connectivity index (χ0v) is 15.9. The molecule has 0 unspecified atom stereocenters. The summed E-state index contributed by atoms with van der Waals surface area (Å²) >= 11 is 0. The maximum Gasteiger partial charge on any atom is 0.191 e. The largest absolute Gasteiger partial charge is 0.363 e. The van der Waals surface area contributed by atoms with Gasteiger partial charge in [0.15, 0.2) is 5.96 Å². The van der Waals surface area contributed by atoms with Gasteiger partial charge < -0.3 is 15.5 Å². The van der Waals surface area contributed by atoms with Crippen LogP contribution >= 0.6 is 0 Å². The molecule has 1 aromatic rings. The molecule has 1 aliphatic carbocycles. The van der Waals surface area contributed by atoms with Gasteiger partial charge in [-0.2, -0.15) is 0 Å². The molecule has 0 aromatic carbocycles. The summed E-state index contributed by atoms with van der Waals surface area (Å²) in [5.74, 6) is 1.87. The Morgan fingerprint density at radius 2 is 2.00 bits per heavy atom. The lowest BCUT2D eigenvalue weighted by Crippen LogP contribution is -2.45. The first-order valence-electron chi connectivity index (χ1n) is 9.08. The lowest BCUT2D eigenvalue weighted by Gasteiger charge is -2.35. The fraction of sp³-hybridized carbons (Fsp3) is 0.684. The highest BCUT2D eigenvalue weighted by atomic mass is 15.2. The van der Waals surface area contributed by atoms with Gasteiger partial charge in [0, 0.05) is 26.7 Å². The van der Waals surface area contributed by atoms with Crippen LogP contribution in [0, 0.1) is 5.41 Å². The second-order valence-electron chi connectivity index (χ2n) is 7.66. The van der Waals surface area contributed by atoms with Gasteiger partial charge in [-0.05, 0) is 50.2 Å². The number of aromatic nitrogens is 1. The van der Waals surface area contributed by atoms with Crippen LogP contribution in [0.2, 0.25) is 0 Å². The number of hydrogen-bond acceptors (Lipinski definition) is 3. The Balaban J connectivity index is 1.97. The molecular weight excluding hydrogens is 298 g/mol. The molecule has 1 aliphatic rings. The molecule has 0 aliphatic heterocycles. The van der Waals surface area contributed by atoms with Crippen molar-refractivity contribution in [1.82, 2.24) is 15.6 Å². The summed E-state index contributed by atoms with van der Waals surface area (Å²) in [4.78, 5) is 11.4. The van der Waals surface area contributed by atoms with E-state index in [0.717, 1.165) is 24.0 Å². The lowest BCUT2D eigenvalue weighted by molar-refractivity contribution is 0.216. The molecule has 5 heteroatoms. The predicted molar refractivity (Wildman–Crippen MR) is 103 cm³/mol. The molecule has 1 saturated carbocycles. The van der Waals surface area contributed by atoms with Crippen molar-refractivity contribution in [2.45, 2.75) is 59.0 Å². The molecule has 0 atom stereocenters. The predicted octanol–water partition coefficient (Wildman–Crippen LogP) is 3.17. The molecule has 24 heavy (non-hydrogen) atoms. The number of guanidine groups is 1. The van der Waals surface area contributed by atoms with Gasteiger partial charge in [-0.25, -0.2) is 9.98 Å². The molecule has 0 saturated heterocycles. The van der Waals surface area contributed by atoms with Crippen molar-refractivity contribution in [3.05, 3.63) is 23.9 Å². The second-order valence-corrected chi connectivity index (χ2v) is 7.66. The van der Waals surface area contributed by atoms with Gasteiger partial charge in [0.25, 0.3) is 0 Å². The van der Waals surface area contributed by atoms with E-state index in [-0.39, 0.29) is 0 Å². The van der Waals surface area contributed by atoms with E-state index in [1.165, 1.54) is 25.7 Å². The van der Waals surface area contributed by atoms with Gasteiger partial charge in [-0.15, -0.1) is 0 Å². The van der Waals surface area contributed by atoms with Crippen molar-refractivity contribution in [1.29, 1.82) is 0 Å². The SMILES string of the molecule is CCNC(=NCc1cccc(N(C)C)n1)NC1CCC(C)(C)CC1. The minimum atomic E-state index is 0.490. The minimum Gasteiger partial charge on any atom is -0.363 e. The van der Waals surface area contributed by atoms with E-state index in [4.69, 9.17) is 4.99 Å². The quantitative estimate of drug-likeness (QED) is 0.643. The number of anilines is 1. The van der Waals surface area contributed by atoms with Gasteiger partial charge in [0.1, 0.15) is 5.82 Å². The molecule has 134 valence electrons. The molecule has 0 bridgehead atoms. The van der Waals surface area contributed by atoms with Gasteiger partial charge in [-0.3, -0.25) is 0 Å². The Bertz CT molecular complexity index is 540. The zero-order chi connectivity index (χ0) is 17.6. The van der Waals surface area contributed by atoms with Gasteiger partial charge >= 0.3 is 0 Å². The van der Waals surface area contributed by atoms with Crippen LogP contribution < -0.4 is 15.5 Å². The van der Waals surface area contributed by atoms with E-state index in [0.29, 0.717) is 18.0 Å². The van der Waals surface area contributed by atoms with Crippen molar-refractivity contribution < 1.29 is 0 Å². The summed E-state index contributed by atoms with van der Waals surface area (Å²) in [5, 5.41) is 6.96. The fourth-order valence-corrected chi connectivity index (χ4v) is 3.02. The number of hydrogen-bond donors (Lipinski definition) is 2. The van der Waals surface area contributed by atoms with Crippen molar-refractivity contribution in [2.24, 2.45) is 10.4 Å². The molecule has 0 radical (unpaired) electrons. The molecule has 0 amide bonds. The molecule has 0 spiro atoms. The van der Waals surface area contributed by atoms with Gasteiger partial charge in [-0.1, -0.05) is 19.9 Å². The van der Waals surface area contributed by atoms with Crippen LogP contribution in [-0.4, -0.2) is 37.6 Å². The summed E-state index contributed by atoms with van der Waals surface area (Å²) in [6.45, 7) is 8.30. The number of rotatable bonds is 5. The van der Waals surface area contributed by atoms with E-state index in [1.807, 2.05) is 37.2 Å². The van der Waals surface area contributed by atoms with Crippen molar-refractivity contribution in [3.8, 4) is 0 Å². The van der Waals surface area contributed by atoms with E-state index < -0.39 is 0 Å². The summed E-state index contributed by atoms with van der Waals surface area (Å²) in [6, 6.07) is 6.61. The highest BCUT2D eigenvalue weighted by Crippen LogP contribution is 2.34. The lowest BCUT2D eigenvalue weighted by atomic mass is 9.75. The monoisotopic (exact) mass is 331 g/mol. The third-order valence-electron chi connectivity index (χ3n) is 4.67. The number of nitrogens with zero attached hydrogens (tertiary/aromatic N) is 3. The summed E-state index contributed by atoms with van der Waals surface area (Å²) in [6.07, 6.45) is 4.98. The second kappa shape index (κ2) is 8.36. The molecule has 2 N–H and O–H groups in total. The van der Waals surface area contributed by atoms with Crippen molar-refractivity contribution in [2.75, 3.05) is 25.5 Å². The van der Waals surface area contributed by atoms with Crippen molar-refractivity contribution >= 4 is 11.8 Å². The third-order valence-corrected chi connectivity index (χ3v) is 4.67. The maximum absolute atomic E-state index is 4.73. The van der Waals surface area contributed by atoms with Gasteiger partial charge in [0.05, 0.1) is 12.2 Å². The Labute approximate surface area is 147 Å². The molecule has 1 fully saturated rings. The Morgan fingerprint density at radius 3 is 2.62 bits per heavy atom. The number of nitrogens with one attached hydrogen (secondary N) is 2. The highest BCUT2D eigenvalue weighted by Gasteiger charge is 2.27. The Hall–Kier alpha value is -1.78. The molecule has 5 nitrogen and oxygen atoms in total. The average molecular weight is 332 g/mol. The van der Waals surface area contributed by atoms with Crippen molar-refractivity contribution in [3.63, 3.8) is 0 Å². The van der Waals surface area contributed by atoms with Crippen LogP contribution in [0.3, 0.4) is 0 Å². The summed E-state index contributed by atoms with van der Waals surface area (Å²) in [7, 11) is 4.01. The van der Waals surface area contributed by atoms with E-state index in [1.54, 1.807) is 0 Å². The Kier molecular flexibility index (Phi) is 6.46. The van der Waals surface area contributed by atoms with Crippen LogP contribution in [0.1, 0.15) is 52.1 Å². The maximum atomic E-state index is 4.73. The van der Waals surface area contributed by atoms with E-state index >= 15 is 0 Å². The topological polar surface area (TPSA) is 52.6 Å². The fourth-order valence-electron chi connectivity index (χ4n) is 3.02. The van der Waals surface area contributed by atoms with E-state index in [2.05, 4.69) is 36.4 Å². The molecular formula is C19H33N5. The molecule has 2 rings (SSSR count).